The third kappa shape index (κ3) is 3.79. The number of nitrogens with one attached hydrogen (secondary N) is 1. The van der Waals surface area contributed by atoms with Crippen molar-refractivity contribution in [3.63, 3.8) is 0 Å². The van der Waals surface area contributed by atoms with Crippen LogP contribution in [0.25, 0.3) is 11.0 Å². The molecule has 1 aromatic carbocycles. The van der Waals surface area contributed by atoms with Crippen molar-refractivity contribution in [2.24, 2.45) is 0 Å². The fourth-order valence-electron chi connectivity index (χ4n) is 3.99. The highest BCUT2D eigenvalue weighted by atomic mass is 16.5. The number of hydrogen-bond donors (Lipinski definition) is 1. The van der Waals surface area contributed by atoms with E-state index in [0.29, 0.717) is 11.4 Å². The Bertz CT molecular complexity index is 1020. The maximum absolute atomic E-state index is 13.0. The van der Waals surface area contributed by atoms with E-state index >= 15 is 0 Å². The number of carbonyl (C=O) groups excluding carboxylic acids is 1. The maximum atomic E-state index is 13.0. The van der Waals surface area contributed by atoms with Crippen LogP contribution in [-0.4, -0.2) is 36.0 Å². The lowest BCUT2D eigenvalue weighted by Gasteiger charge is -2.27. The second-order valence-corrected chi connectivity index (χ2v) is 7.57. The zero-order valence-corrected chi connectivity index (χ0v) is 17.2. The van der Waals surface area contributed by atoms with Crippen LogP contribution < -0.4 is 10.1 Å². The molecule has 152 valence electrons. The van der Waals surface area contributed by atoms with Crippen LogP contribution in [0.2, 0.25) is 0 Å². The Morgan fingerprint density at radius 2 is 2.03 bits per heavy atom. The predicted octanol–water partition coefficient (Wildman–Crippen LogP) is 4.94. The average molecular weight is 393 g/mol. The van der Waals surface area contributed by atoms with E-state index in [4.69, 9.17) is 9.15 Å². The Kier molecular flexibility index (Phi) is 5.43. The van der Waals surface area contributed by atoms with E-state index in [0.717, 1.165) is 54.0 Å². The lowest BCUT2D eigenvalue weighted by molar-refractivity contribution is 0.0725. The molecule has 1 fully saturated rings. The Morgan fingerprint density at radius 3 is 2.79 bits per heavy atom. The topological polar surface area (TPSA) is 67.6 Å². The first kappa shape index (κ1) is 19.3. The standard InChI is InChI=1S/C23H27N3O3/c1-15-19-14-17(28-3)9-10-20(19)29-21(15)16(2)25-22-18(8-7-11-24-22)23(27)26-12-5-4-6-13-26/h7-11,14,16H,4-6,12-13H2,1-3H3,(H,24,25). The molecule has 29 heavy (non-hydrogen) atoms. The molecule has 0 radical (unpaired) electrons. The zero-order chi connectivity index (χ0) is 20.4. The van der Waals surface area contributed by atoms with Crippen molar-refractivity contribution in [2.75, 3.05) is 25.5 Å². The van der Waals surface area contributed by atoms with Gasteiger partial charge in [-0.05, 0) is 63.4 Å². The fourth-order valence-corrected chi connectivity index (χ4v) is 3.99. The summed E-state index contributed by atoms with van der Waals surface area (Å²) in [6.45, 7) is 5.68. The van der Waals surface area contributed by atoms with E-state index in [1.165, 1.54) is 6.42 Å². The molecule has 1 atom stereocenters. The molecule has 3 heterocycles. The highest BCUT2D eigenvalue weighted by Crippen LogP contribution is 2.33. The zero-order valence-electron chi connectivity index (χ0n) is 17.2. The molecule has 2 aromatic heterocycles. The minimum absolute atomic E-state index is 0.0403. The largest absolute Gasteiger partial charge is 0.497 e. The van der Waals surface area contributed by atoms with Crippen LogP contribution in [0.3, 0.4) is 0 Å². The molecular formula is C23H27N3O3. The number of aryl methyl sites for hydroxylation is 1. The molecule has 1 N–H and O–H groups in total. The van der Waals surface area contributed by atoms with E-state index in [2.05, 4.69) is 10.3 Å². The van der Waals surface area contributed by atoms with Crippen molar-refractivity contribution in [1.82, 2.24) is 9.88 Å². The van der Waals surface area contributed by atoms with Gasteiger partial charge in [-0.25, -0.2) is 4.98 Å². The van der Waals surface area contributed by atoms with E-state index in [1.807, 2.05) is 49.1 Å². The van der Waals surface area contributed by atoms with Crippen molar-refractivity contribution < 1.29 is 13.9 Å². The van der Waals surface area contributed by atoms with Crippen LogP contribution in [0.15, 0.2) is 40.9 Å². The maximum Gasteiger partial charge on any atom is 0.257 e. The molecule has 1 amide bonds. The first-order valence-corrected chi connectivity index (χ1v) is 10.2. The van der Waals surface area contributed by atoms with Crippen molar-refractivity contribution in [3.05, 3.63) is 53.4 Å². The van der Waals surface area contributed by atoms with Gasteiger partial charge in [0.1, 0.15) is 22.9 Å². The van der Waals surface area contributed by atoms with Crippen molar-refractivity contribution in [1.29, 1.82) is 0 Å². The first-order chi connectivity index (χ1) is 14.1. The van der Waals surface area contributed by atoms with Crippen LogP contribution in [0.5, 0.6) is 5.75 Å². The van der Waals surface area contributed by atoms with Crippen molar-refractivity contribution in [3.8, 4) is 5.75 Å². The van der Waals surface area contributed by atoms with Crippen molar-refractivity contribution in [2.45, 2.75) is 39.2 Å². The number of pyridine rings is 1. The first-order valence-electron chi connectivity index (χ1n) is 10.2. The number of methoxy groups -OCH3 is 1. The number of benzene rings is 1. The van der Waals surface area contributed by atoms with E-state index < -0.39 is 0 Å². The van der Waals surface area contributed by atoms with Gasteiger partial charge in [-0.2, -0.15) is 0 Å². The summed E-state index contributed by atoms with van der Waals surface area (Å²) < 4.78 is 11.4. The second kappa shape index (κ2) is 8.15. The second-order valence-electron chi connectivity index (χ2n) is 7.57. The minimum Gasteiger partial charge on any atom is -0.497 e. The number of aromatic nitrogens is 1. The van der Waals surface area contributed by atoms with Gasteiger partial charge in [0.05, 0.1) is 18.7 Å². The molecule has 1 aliphatic rings. The average Bonchev–Trinajstić information content (AvgIpc) is 3.10. The normalized spacial score (nSPS) is 15.3. The van der Waals surface area contributed by atoms with E-state index in [-0.39, 0.29) is 11.9 Å². The number of nitrogens with zero attached hydrogens (tertiary/aromatic N) is 2. The smallest absolute Gasteiger partial charge is 0.257 e. The Morgan fingerprint density at radius 1 is 1.24 bits per heavy atom. The summed E-state index contributed by atoms with van der Waals surface area (Å²) in [5.41, 5.74) is 2.48. The van der Waals surface area contributed by atoms with Gasteiger partial charge in [-0.15, -0.1) is 0 Å². The number of anilines is 1. The number of carbonyl (C=O) groups is 1. The monoisotopic (exact) mass is 393 g/mol. The Labute approximate surface area is 170 Å². The molecule has 0 spiro atoms. The third-order valence-electron chi connectivity index (χ3n) is 5.61. The summed E-state index contributed by atoms with van der Waals surface area (Å²) in [6, 6.07) is 9.30. The fraction of sp³-hybridized carbons (Fsp3) is 0.391. The van der Waals surface area contributed by atoms with Gasteiger partial charge in [-0.3, -0.25) is 4.79 Å². The van der Waals surface area contributed by atoms with Gasteiger partial charge >= 0.3 is 0 Å². The molecule has 0 bridgehead atoms. The van der Waals surface area contributed by atoms with Crippen molar-refractivity contribution >= 4 is 22.7 Å². The molecule has 3 aromatic rings. The van der Waals surface area contributed by atoms with Gasteiger partial charge in [0.15, 0.2) is 0 Å². The molecule has 0 aliphatic carbocycles. The molecule has 0 saturated carbocycles. The lowest BCUT2D eigenvalue weighted by atomic mass is 10.1. The van der Waals surface area contributed by atoms with E-state index in [9.17, 15) is 4.79 Å². The third-order valence-corrected chi connectivity index (χ3v) is 5.61. The van der Waals surface area contributed by atoms with Gasteiger partial charge in [0.25, 0.3) is 5.91 Å². The lowest BCUT2D eigenvalue weighted by Crippen LogP contribution is -2.36. The number of fused-ring (bicyclic) bond motifs is 1. The van der Waals surface area contributed by atoms with Gasteiger partial charge in [0.2, 0.25) is 0 Å². The molecule has 4 rings (SSSR count). The van der Waals surface area contributed by atoms with E-state index in [1.54, 1.807) is 13.3 Å². The van der Waals surface area contributed by atoms with Gasteiger partial charge in [0, 0.05) is 30.2 Å². The number of piperidine rings is 1. The Balaban J connectivity index is 1.60. The summed E-state index contributed by atoms with van der Waals surface area (Å²) >= 11 is 0. The number of rotatable bonds is 5. The van der Waals surface area contributed by atoms with Crippen LogP contribution in [0.1, 0.15) is 53.9 Å². The highest BCUT2D eigenvalue weighted by molar-refractivity contribution is 5.98. The molecule has 1 unspecified atom stereocenters. The summed E-state index contributed by atoms with van der Waals surface area (Å²) in [7, 11) is 1.66. The number of ether oxygens (including phenoxy) is 1. The number of furan rings is 1. The van der Waals surface area contributed by atoms with Crippen LogP contribution >= 0.6 is 0 Å². The summed E-state index contributed by atoms with van der Waals surface area (Å²) in [5.74, 6) is 2.26. The molecule has 1 saturated heterocycles. The minimum atomic E-state index is -0.142. The Hall–Kier alpha value is -3.02. The SMILES string of the molecule is COc1ccc2oc(C(C)Nc3ncccc3C(=O)N3CCCCC3)c(C)c2c1. The van der Waals surface area contributed by atoms with Crippen LogP contribution in [0.4, 0.5) is 5.82 Å². The van der Waals surface area contributed by atoms with Crippen LogP contribution in [-0.2, 0) is 0 Å². The van der Waals surface area contributed by atoms with Crippen LogP contribution in [0, 0.1) is 6.92 Å². The predicted molar refractivity (Wildman–Crippen MR) is 114 cm³/mol. The number of likely N-dealkylation sites (tertiary alicyclic amines) is 1. The highest BCUT2D eigenvalue weighted by Gasteiger charge is 2.23. The molecule has 6 heteroatoms. The van der Waals surface area contributed by atoms with Gasteiger partial charge in [-0.1, -0.05) is 0 Å². The summed E-state index contributed by atoms with van der Waals surface area (Å²) in [4.78, 5) is 19.4. The molecule has 6 nitrogen and oxygen atoms in total. The quantitative estimate of drug-likeness (QED) is 0.665. The number of amides is 1. The van der Waals surface area contributed by atoms with Gasteiger partial charge < -0.3 is 19.4 Å². The molecular weight excluding hydrogens is 366 g/mol. The number of hydrogen-bond acceptors (Lipinski definition) is 5. The summed E-state index contributed by atoms with van der Waals surface area (Å²) in [6.07, 6.45) is 5.02. The summed E-state index contributed by atoms with van der Waals surface area (Å²) in [5, 5.41) is 4.42. The molecule has 1 aliphatic heterocycles.